The molecule has 3 aliphatic carbocycles. The molecule has 7 nitrogen and oxygen atoms in total. The van der Waals surface area contributed by atoms with Crippen molar-refractivity contribution in [3.63, 3.8) is 0 Å². The van der Waals surface area contributed by atoms with Crippen LogP contribution < -0.4 is 0 Å². The van der Waals surface area contributed by atoms with E-state index in [9.17, 15) is 15.3 Å². The first kappa shape index (κ1) is 23.1. The SMILES string of the molecule is C[C@]12CC[C@@H]3c4ccc(O)cc4CC[C@H]3[C@@H]1C[C@@H](O)[C@@H]2O.O=S(=O)(O)O.[NaH]. The third-order valence-corrected chi connectivity index (χ3v) is 6.68. The van der Waals surface area contributed by atoms with Gasteiger partial charge in [0.05, 0.1) is 12.2 Å². The molecule has 4 rings (SSSR count). The number of fused-ring (bicyclic) bond motifs is 5. The maximum absolute atomic E-state index is 10.4. The average Bonchev–Trinajstić information content (AvgIpc) is 2.76. The summed E-state index contributed by atoms with van der Waals surface area (Å²) in [6, 6.07) is 5.80. The molecule has 0 bridgehead atoms. The summed E-state index contributed by atoms with van der Waals surface area (Å²) in [6.45, 7) is 2.17. The summed E-state index contributed by atoms with van der Waals surface area (Å²) >= 11 is 0. The van der Waals surface area contributed by atoms with Crippen molar-refractivity contribution in [3.05, 3.63) is 29.3 Å². The molecule has 9 heteroatoms. The van der Waals surface area contributed by atoms with E-state index in [4.69, 9.17) is 17.5 Å². The first-order valence-corrected chi connectivity index (χ1v) is 10.3. The number of phenols is 1. The van der Waals surface area contributed by atoms with Crippen LogP contribution in [0.2, 0.25) is 0 Å². The molecule has 0 unspecified atom stereocenters. The van der Waals surface area contributed by atoms with E-state index in [2.05, 4.69) is 13.0 Å². The predicted molar refractivity (Wildman–Crippen MR) is 101 cm³/mol. The summed E-state index contributed by atoms with van der Waals surface area (Å²) in [4.78, 5) is 0. The first-order valence-electron chi connectivity index (χ1n) is 8.88. The second-order valence-corrected chi connectivity index (χ2v) is 8.93. The van der Waals surface area contributed by atoms with E-state index in [1.54, 1.807) is 6.07 Å². The monoisotopic (exact) mass is 410 g/mol. The van der Waals surface area contributed by atoms with Crippen molar-refractivity contribution in [2.45, 2.75) is 57.2 Å². The van der Waals surface area contributed by atoms with Crippen LogP contribution in [0.3, 0.4) is 0 Å². The van der Waals surface area contributed by atoms with Crippen molar-refractivity contribution in [3.8, 4) is 5.75 Å². The van der Waals surface area contributed by atoms with Gasteiger partial charge in [-0.1, -0.05) is 13.0 Å². The number of benzene rings is 1. The first-order chi connectivity index (χ1) is 12.0. The van der Waals surface area contributed by atoms with Gasteiger partial charge in [-0.15, -0.1) is 0 Å². The van der Waals surface area contributed by atoms with Gasteiger partial charge < -0.3 is 15.3 Å². The minimum atomic E-state index is -4.67. The van der Waals surface area contributed by atoms with Crippen LogP contribution in [-0.2, 0) is 16.8 Å². The molecule has 148 valence electrons. The van der Waals surface area contributed by atoms with Crippen molar-refractivity contribution >= 4 is 40.0 Å². The van der Waals surface area contributed by atoms with Gasteiger partial charge >= 0.3 is 40.0 Å². The standard InChI is InChI=1S/C18H24O3.Na.H2O4S.H/c1-18-7-6-13-12-5-3-11(19)8-10(12)2-4-14(13)15(18)9-16(20)17(18)21;;1-5(2,3)4;/h3,5,8,13-17,19-21H,2,4,6-7,9H2,1H3;;(H2,1,2,3,4);/t13-,14-,15+,16-,17+,18+;;;/m1.../s1. The average molecular weight is 410 g/mol. The van der Waals surface area contributed by atoms with Crippen molar-refractivity contribution in [1.29, 1.82) is 0 Å². The van der Waals surface area contributed by atoms with E-state index in [-0.39, 0.29) is 35.0 Å². The van der Waals surface area contributed by atoms with Crippen LogP contribution in [0, 0.1) is 17.3 Å². The minimum absolute atomic E-state index is 0. The zero-order chi connectivity index (χ0) is 19.3. The zero-order valence-corrected chi connectivity index (χ0v) is 15.4. The Kier molecular flexibility index (Phi) is 7.08. The second-order valence-electron chi connectivity index (χ2n) is 8.04. The number of hydrogen-bond donors (Lipinski definition) is 5. The van der Waals surface area contributed by atoms with E-state index in [0.717, 1.165) is 32.1 Å². The summed E-state index contributed by atoms with van der Waals surface area (Å²) < 4.78 is 31.6. The number of rotatable bonds is 0. The van der Waals surface area contributed by atoms with E-state index >= 15 is 0 Å². The molecule has 2 saturated carbocycles. The van der Waals surface area contributed by atoms with Crippen LogP contribution >= 0.6 is 0 Å². The van der Waals surface area contributed by atoms with Crippen LogP contribution in [0.1, 0.15) is 49.7 Å². The third kappa shape index (κ3) is 4.70. The van der Waals surface area contributed by atoms with Crippen LogP contribution in [0.4, 0.5) is 0 Å². The van der Waals surface area contributed by atoms with Crippen LogP contribution in [0.5, 0.6) is 5.75 Å². The van der Waals surface area contributed by atoms with Crippen LogP contribution in [0.25, 0.3) is 0 Å². The molecule has 3 aliphatic rings. The third-order valence-electron chi connectivity index (χ3n) is 6.68. The van der Waals surface area contributed by atoms with E-state index in [1.807, 2.05) is 6.07 Å². The van der Waals surface area contributed by atoms with Gasteiger partial charge in [0.25, 0.3) is 0 Å². The van der Waals surface area contributed by atoms with E-state index in [0.29, 0.717) is 23.5 Å². The molecule has 6 atom stereocenters. The van der Waals surface area contributed by atoms with Gasteiger partial charge in [-0.3, -0.25) is 9.11 Å². The molecule has 1 aromatic carbocycles. The fraction of sp³-hybridized carbons (Fsp3) is 0.667. The Morgan fingerprint density at radius 3 is 2.41 bits per heavy atom. The van der Waals surface area contributed by atoms with Gasteiger partial charge in [-0.25, -0.2) is 0 Å². The fourth-order valence-corrected chi connectivity index (χ4v) is 5.56. The number of aryl methyl sites for hydroxylation is 1. The number of hydrogen-bond acceptors (Lipinski definition) is 5. The Morgan fingerprint density at radius 2 is 1.78 bits per heavy atom. The fourth-order valence-electron chi connectivity index (χ4n) is 5.56. The van der Waals surface area contributed by atoms with Gasteiger partial charge in [-0.05, 0) is 78.5 Å². The summed E-state index contributed by atoms with van der Waals surface area (Å²) in [6.07, 6.45) is 3.80. The summed E-state index contributed by atoms with van der Waals surface area (Å²) in [5, 5.41) is 30.2. The van der Waals surface area contributed by atoms with Crippen molar-refractivity contribution in [1.82, 2.24) is 0 Å². The summed E-state index contributed by atoms with van der Waals surface area (Å²) in [5.74, 6) is 1.88. The zero-order valence-electron chi connectivity index (χ0n) is 14.6. The Balaban J connectivity index is 0.000000390. The Morgan fingerprint density at radius 1 is 1.15 bits per heavy atom. The quantitative estimate of drug-likeness (QED) is 0.321. The molecule has 1 aromatic rings. The van der Waals surface area contributed by atoms with Crippen molar-refractivity contribution in [2.75, 3.05) is 0 Å². The molecule has 0 saturated heterocycles. The summed E-state index contributed by atoms with van der Waals surface area (Å²) in [5.41, 5.74) is 2.57. The van der Waals surface area contributed by atoms with Crippen LogP contribution in [-0.4, -0.2) is 74.6 Å². The van der Waals surface area contributed by atoms with Gasteiger partial charge in [0.2, 0.25) is 0 Å². The molecule has 0 aromatic heterocycles. The molecule has 0 aliphatic heterocycles. The molecule has 27 heavy (non-hydrogen) atoms. The molecule has 0 radical (unpaired) electrons. The number of aliphatic hydroxyl groups excluding tert-OH is 2. The summed E-state index contributed by atoms with van der Waals surface area (Å²) in [7, 11) is -4.67. The van der Waals surface area contributed by atoms with Gasteiger partial charge in [-0.2, -0.15) is 8.42 Å². The normalized spacial score (nSPS) is 37.0. The van der Waals surface area contributed by atoms with Crippen molar-refractivity contribution in [2.24, 2.45) is 17.3 Å². The Labute approximate surface area is 181 Å². The molecule has 5 N–H and O–H groups in total. The van der Waals surface area contributed by atoms with Gasteiger partial charge in [0.1, 0.15) is 5.75 Å². The number of phenolic OH excluding ortho intramolecular Hbond substituents is 1. The molecule has 0 spiro atoms. The Bertz CT molecular complexity index is 776. The molecule has 0 heterocycles. The van der Waals surface area contributed by atoms with Crippen LogP contribution in [0.15, 0.2) is 18.2 Å². The molecular weight excluding hydrogens is 383 g/mol. The van der Waals surface area contributed by atoms with E-state index < -0.39 is 22.6 Å². The second kappa shape index (κ2) is 8.28. The maximum atomic E-state index is 10.4. The molecule has 2 fully saturated rings. The number of aliphatic hydroxyl groups is 2. The topological polar surface area (TPSA) is 135 Å². The predicted octanol–water partition coefficient (Wildman–Crippen LogP) is 1.28. The van der Waals surface area contributed by atoms with Gasteiger partial charge in [0, 0.05) is 0 Å². The molecular formula is C18H27NaO7S. The molecule has 0 amide bonds. The van der Waals surface area contributed by atoms with Gasteiger partial charge in [0.15, 0.2) is 0 Å². The number of aromatic hydroxyl groups is 1. The van der Waals surface area contributed by atoms with Crippen molar-refractivity contribution < 1.29 is 32.8 Å². The van der Waals surface area contributed by atoms with E-state index in [1.165, 1.54) is 11.1 Å². The Hall–Kier alpha value is -0.190.